The summed E-state index contributed by atoms with van der Waals surface area (Å²) in [4.78, 5) is 2.27. The van der Waals surface area contributed by atoms with Crippen LogP contribution < -0.4 is 5.73 Å². The molecular formula is C14H19FN2. The van der Waals surface area contributed by atoms with Crippen molar-refractivity contribution < 1.29 is 4.39 Å². The van der Waals surface area contributed by atoms with Crippen molar-refractivity contribution in [3.63, 3.8) is 0 Å². The van der Waals surface area contributed by atoms with Crippen LogP contribution in [0.3, 0.4) is 0 Å². The summed E-state index contributed by atoms with van der Waals surface area (Å²) in [6.07, 6.45) is 4.31. The van der Waals surface area contributed by atoms with Gasteiger partial charge in [-0.05, 0) is 24.5 Å². The van der Waals surface area contributed by atoms with Crippen LogP contribution in [0.15, 0.2) is 30.9 Å². The fourth-order valence-corrected chi connectivity index (χ4v) is 2.04. The van der Waals surface area contributed by atoms with Crippen molar-refractivity contribution in [2.24, 2.45) is 5.73 Å². The highest BCUT2D eigenvalue weighted by Crippen LogP contribution is 2.28. The molecule has 92 valence electrons. The number of benzene rings is 1. The summed E-state index contributed by atoms with van der Waals surface area (Å²) in [5, 5.41) is 0. The van der Waals surface area contributed by atoms with E-state index in [1.807, 2.05) is 12.1 Å². The van der Waals surface area contributed by atoms with E-state index in [9.17, 15) is 4.39 Å². The first-order valence-electron chi connectivity index (χ1n) is 6.07. The van der Waals surface area contributed by atoms with Gasteiger partial charge in [0, 0.05) is 31.2 Å². The summed E-state index contributed by atoms with van der Waals surface area (Å²) < 4.78 is 13.7. The first-order chi connectivity index (χ1) is 8.24. The highest BCUT2D eigenvalue weighted by atomic mass is 19.1. The van der Waals surface area contributed by atoms with Gasteiger partial charge in [-0.1, -0.05) is 18.2 Å². The van der Waals surface area contributed by atoms with Gasteiger partial charge in [-0.2, -0.15) is 0 Å². The average molecular weight is 234 g/mol. The Bertz CT molecular complexity index is 399. The van der Waals surface area contributed by atoms with E-state index >= 15 is 0 Å². The fraction of sp³-hybridized carbons (Fsp3) is 0.429. The van der Waals surface area contributed by atoms with Gasteiger partial charge in [-0.3, -0.25) is 4.90 Å². The van der Waals surface area contributed by atoms with Gasteiger partial charge in [-0.25, -0.2) is 4.39 Å². The molecule has 0 aromatic heterocycles. The van der Waals surface area contributed by atoms with E-state index in [0.29, 0.717) is 19.1 Å². The van der Waals surface area contributed by atoms with Crippen LogP contribution in [-0.2, 0) is 13.1 Å². The molecule has 1 saturated carbocycles. The molecule has 0 atom stereocenters. The van der Waals surface area contributed by atoms with Crippen LogP contribution >= 0.6 is 0 Å². The minimum atomic E-state index is -0.142. The predicted molar refractivity (Wildman–Crippen MR) is 67.9 cm³/mol. The zero-order valence-corrected chi connectivity index (χ0v) is 10.0. The summed E-state index contributed by atoms with van der Waals surface area (Å²) in [5.41, 5.74) is 7.30. The number of hydrogen-bond donors (Lipinski definition) is 1. The molecule has 1 fully saturated rings. The third-order valence-electron chi connectivity index (χ3n) is 3.15. The van der Waals surface area contributed by atoms with Crippen LogP contribution in [0.2, 0.25) is 0 Å². The smallest absolute Gasteiger partial charge is 0.127 e. The van der Waals surface area contributed by atoms with Gasteiger partial charge in [-0.15, -0.1) is 6.58 Å². The highest BCUT2D eigenvalue weighted by Gasteiger charge is 2.28. The molecule has 0 amide bonds. The molecule has 2 N–H and O–H groups in total. The Morgan fingerprint density at radius 2 is 2.24 bits per heavy atom. The monoisotopic (exact) mass is 234 g/mol. The fourth-order valence-electron chi connectivity index (χ4n) is 2.04. The van der Waals surface area contributed by atoms with Crippen molar-refractivity contribution >= 4 is 0 Å². The number of nitrogens with zero attached hydrogens (tertiary/aromatic N) is 1. The number of rotatable bonds is 6. The van der Waals surface area contributed by atoms with E-state index in [4.69, 9.17) is 5.73 Å². The lowest BCUT2D eigenvalue weighted by molar-refractivity contribution is 0.279. The molecule has 1 aromatic rings. The topological polar surface area (TPSA) is 29.3 Å². The van der Waals surface area contributed by atoms with Crippen molar-refractivity contribution in [3.05, 3.63) is 47.8 Å². The van der Waals surface area contributed by atoms with Crippen molar-refractivity contribution in [1.82, 2.24) is 4.90 Å². The van der Waals surface area contributed by atoms with E-state index in [1.165, 1.54) is 18.9 Å². The lowest BCUT2D eigenvalue weighted by Crippen LogP contribution is -2.26. The summed E-state index contributed by atoms with van der Waals surface area (Å²) in [7, 11) is 0. The maximum Gasteiger partial charge on any atom is 0.127 e. The van der Waals surface area contributed by atoms with Crippen molar-refractivity contribution in [1.29, 1.82) is 0 Å². The standard InChI is InChI=1S/C14H19FN2/c1-2-7-17(13-4-5-13)10-12-8-11(9-16)3-6-14(12)15/h2-3,6,8,13H,1,4-5,7,9-10,16H2. The van der Waals surface area contributed by atoms with Gasteiger partial charge in [0.15, 0.2) is 0 Å². The molecule has 0 spiro atoms. The van der Waals surface area contributed by atoms with Crippen LogP contribution in [0.25, 0.3) is 0 Å². The summed E-state index contributed by atoms with van der Waals surface area (Å²) in [6.45, 7) is 5.68. The number of nitrogens with two attached hydrogens (primary N) is 1. The SMILES string of the molecule is C=CCN(Cc1cc(CN)ccc1F)C1CC1. The molecular weight excluding hydrogens is 215 g/mol. The van der Waals surface area contributed by atoms with Gasteiger partial charge in [0.05, 0.1) is 0 Å². The van der Waals surface area contributed by atoms with E-state index in [-0.39, 0.29) is 5.82 Å². The summed E-state index contributed by atoms with van der Waals surface area (Å²) in [6, 6.07) is 5.73. The molecule has 0 radical (unpaired) electrons. The minimum absolute atomic E-state index is 0.142. The second-order valence-electron chi connectivity index (χ2n) is 4.58. The zero-order chi connectivity index (χ0) is 12.3. The quantitative estimate of drug-likeness (QED) is 0.766. The van der Waals surface area contributed by atoms with Gasteiger partial charge in [0.25, 0.3) is 0 Å². The normalized spacial score (nSPS) is 15.2. The molecule has 1 aliphatic carbocycles. The van der Waals surface area contributed by atoms with Crippen LogP contribution in [0.1, 0.15) is 24.0 Å². The first-order valence-corrected chi connectivity index (χ1v) is 6.07. The number of halogens is 1. The van der Waals surface area contributed by atoms with E-state index in [0.717, 1.165) is 17.7 Å². The van der Waals surface area contributed by atoms with E-state index in [1.54, 1.807) is 6.07 Å². The maximum absolute atomic E-state index is 13.7. The molecule has 2 rings (SSSR count). The van der Waals surface area contributed by atoms with Crippen LogP contribution in [0.4, 0.5) is 4.39 Å². The Labute approximate surface area is 102 Å². The molecule has 0 bridgehead atoms. The van der Waals surface area contributed by atoms with Gasteiger partial charge >= 0.3 is 0 Å². The Balaban J connectivity index is 2.12. The van der Waals surface area contributed by atoms with Gasteiger partial charge in [0.2, 0.25) is 0 Å². The Hall–Kier alpha value is -1.19. The van der Waals surface area contributed by atoms with Crippen molar-refractivity contribution in [2.45, 2.75) is 32.0 Å². The molecule has 0 aliphatic heterocycles. The van der Waals surface area contributed by atoms with E-state index in [2.05, 4.69) is 11.5 Å². The van der Waals surface area contributed by atoms with Gasteiger partial charge in [0.1, 0.15) is 5.82 Å². The lowest BCUT2D eigenvalue weighted by atomic mass is 10.1. The largest absolute Gasteiger partial charge is 0.326 e. The minimum Gasteiger partial charge on any atom is -0.326 e. The van der Waals surface area contributed by atoms with Crippen molar-refractivity contribution in [3.8, 4) is 0 Å². The van der Waals surface area contributed by atoms with Crippen LogP contribution in [0, 0.1) is 5.82 Å². The molecule has 0 saturated heterocycles. The molecule has 0 unspecified atom stereocenters. The third kappa shape index (κ3) is 3.14. The van der Waals surface area contributed by atoms with Crippen LogP contribution in [0.5, 0.6) is 0 Å². The Kier molecular flexibility index (Phi) is 3.92. The molecule has 17 heavy (non-hydrogen) atoms. The molecule has 1 aromatic carbocycles. The second kappa shape index (κ2) is 5.43. The van der Waals surface area contributed by atoms with E-state index < -0.39 is 0 Å². The summed E-state index contributed by atoms with van der Waals surface area (Å²) in [5.74, 6) is -0.142. The third-order valence-corrected chi connectivity index (χ3v) is 3.15. The molecule has 2 nitrogen and oxygen atoms in total. The molecule has 1 aliphatic rings. The van der Waals surface area contributed by atoms with Gasteiger partial charge < -0.3 is 5.73 Å². The predicted octanol–water partition coefficient (Wildman–Crippen LogP) is 2.43. The lowest BCUT2D eigenvalue weighted by Gasteiger charge is -2.20. The Morgan fingerprint density at radius 3 is 2.82 bits per heavy atom. The second-order valence-corrected chi connectivity index (χ2v) is 4.58. The van der Waals surface area contributed by atoms with Crippen LogP contribution in [-0.4, -0.2) is 17.5 Å². The maximum atomic E-state index is 13.7. The highest BCUT2D eigenvalue weighted by molar-refractivity contribution is 5.25. The average Bonchev–Trinajstić information content (AvgIpc) is 3.15. The summed E-state index contributed by atoms with van der Waals surface area (Å²) >= 11 is 0. The van der Waals surface area contributed by atoms with Crippen molar-refractivity contribution in [2.75, 3.05) is 6.54 Å². The molecule has 0 heterocycles. The Morgan fingerprint density at radius 1 is 1.47 bits per heavy atom. The number of hydrogen-bond acceptors (Lipinski definition) is 2. The zero-order valence-electron chi connectivity index (χ0n) is 10.0. The first kappa shape index (κ1) is 12.3. The molecule has 3 heteroatoms.